The SMILES string of the molecule is COc1ccc(-c2ccc(S(=O)(=O)N3CCC[C@H]3C(=O)NN(CC(N)=O)C(=O)[C@H](F)Cl)cc2)cc1. The van der Waals surface area contributed by atoms with Gasteiger partial charge in [0.15, 0.2) is 0 Å². The Morgan fingerprint density at radius 3 is 2.26 bits per heavy atom. The van der Waals surface area contributed by atoms with Gasteiger partial charge in [-0.25, -0.2) is 17.8 Å². The first-order valence-electron chi connectivity index (χ1n) is 10.5. The lowest BCUT2D eigenvalue weighted by molar-refractivity contribution is -0.146. The lowest BCUT2D eigenvalue weighted by Crippen LogP contribution is -2.56. The second-order valence-corrected chi connectivity index (χ2v) is 9.97. The number of methoxy groups -OCH3 is 1. The molecule has 0 spiro atoms. The Labute approximate surface area is 206 Å². The number of hydrogen-bond acceptors (Lipinski definition) is 6. The number of ether oxygens (including phenoxy) is 1. The van der Waals surface area contributed by atoms with E-state index in [0.717, 1.165) is 15.4 Å². The summed E-state index contributed by atoms with van der Waals surface area (Å²) in [7, 11) is -2.52. The molecule has 35 heavy (non-hydrogen) atoms. The normalized spacial score (nSPS) is 16.9. The first-order chi connectivity index (χ1) is 16.5. The molecule has 0 saturated carbocycles. The predicted octanol–water partition coefficient (Wildman–Crippen LogP) is 1.39. The van der Waals surface area contributed by atoms with Crippen LogP contribution in [-0.2, 0) is 24.4 Å². The summed E-state index contributed by atoms with van der Waals surface area (Å²) in [5.74, 6) is -2.65. The van der Waals surface area contributed by atoms with Crippen LogP contribution in [0, 0.1) is 0 Å². The van der Waals surface area contributed by atoms with Gasteiger partial charge in [0, 0.05) is 6.54 Å². The topological polar surface area (TPSA) is 139 Å². The fourth-order valence-corrected chi connectivity index (χ4v) is 5.46. The highest BCUT2D eigenvalue weighted by Gasteiger charge is 2.40. The molecular formula is C22H24ClFN4O6S. The van der Waals surface area contributed by atoms with E-state index < -0.39 is 46.0 Å². The van der Waals surface area contributed by atoms with Gasteiger partial charge in [0.2, 0.25) is 15.9 Å². The minimum atomic E-state index is -4.08. The van der Waals surface area contributed by atoms with E-state index in [4.69, 9.17) is 22.1 Å². The molecule has 1 fully saturated rings. The van der Waals surface area contributed by atoms with Gasteiger partial charge < -0.3 is 10.5 Å². The summed E-state index contributed by atoms with van der Waals surface area (Å²) >= 11 is 5.13. The number of rotatable bonds is 8. The highest BCUT2D eigenvalue weighted by molar-refractivity contribution is 7.89. The van der Waals surface area contributed by atoms with E-state index >= 15 is 0 Å². The van der Waals surface area contributed by atoms with Gasteiger partial charge in [-0.15, -0.1) is 0 Å². The molecule has 1 saturated heterocycles. The van der Waals surface area contributed by atoms with Crippen molar-refractivity contribution in [2.75, 3.05) is 20.2 Å². The summed E-state index contributed by atoms with van der Waals surface area (Å²) in [6, 6.07) is 12.2. The number of amides is 3. The number of hydrogen-bond donors (Lipinski definition) is 2. The van der Waals surface area contributed by atoms with Gasteiger partial charge in [-0.3, -0.25) is 19.8 Å². The van der Waals surface area contributed by atoms with Crippen molar-refractivity contribution in [1.29, 1.82) is 0 Å². The lowest BCUT2D eigenvalue weighted by atomic mass is 10.1. The van der Waals surface area contributed by atoms with E-state index in [-0.39, 0.29) is 17.9 Å². The molecule has 10 nitrogen and oxygen atoms in total. The van der Waals surface area contributed by atoms with Crippen molar-refractivity contribution >= 4 is 39.3 Å². The quantitative estimate of drug-likeness (QED) is 0.393. The largest absolute Gasteiger partial charge is 0.497 e. The Hall–Kier alpha value is -3.22. The van der Waals surface area contributed by atoms with Crippen LogP contribution >= 0.6 is 11.6 Å². The zero-order valence-corrected chi connectivity index (χ0v) is 20.3. The fraction of sp³-hybridized carbons (Fsp3) is 0.318. The molecule has 0 unspecified atom stereocenters. The zero-order valence-electron chi connectivity index (χ0n) is 18.7. The molecule has 1 aliphatic rings. The van der Waals surface area contributed by atoms with Gasteiger partial charge in [-0.05, 0) is 48.2 Å². The van der Waals surface area contributed by atoms with Gasteiger partial charge in [0.05, 0.1) is 12.0 Å². The smallest absolute Gasteiger partial charge is 0.291 e. The Bertz CT molecular complexity index is 1190. The van der Waals surface area contributed by atoms with Gasteiger partial charge in [-0.1, -0.05) is 35.9 Å². The molecule has 2 atom stereocenters. The standard InChI is InChI=1S/C22H24ClFN4O6S/c1-34-16-8-4-14(5-9-16)15-6-10-17(11-7-15)35(32,33)28-12-2-3-18(28)21(30)26-27(13-19(25)29)22(31)20(23)24/h4-11,18,20H,2-3,12-13H2,1H3,(H2,25,29)(H,26,30)/t18-,20-/m0/s1. The van der Waals surface area contributed by atoms with Crippen LogP contribution in [0.15, 0.2) is 53.4 Å². The zero-order chi connectivity index (χ0) is 25.8. The Morgan fingerprint density at radius 2 is 1.74 bits per heavy atom. The van der Waals surface area contributed by atoms with Crippen LogP contribution < -0.4 is 15.9 Å². The van der Waals surface area contributed by atoms with Gasteiger partial charge in [0.25, 0.3) is 17.4 Å². The molecule has 0 bridgehead atoms. The maximum absolute atomic E-state index is 13.3. The maximum Gasteiger partial charge on any atom is 0.291 e. The van der Waals surface area contributed by atoms with Crippen molar-refractivity contribution < 1.29 is 31.9 Å². The van der Waals surface area contributed by atoms with Crippen molar-refractivity contribution in [3.63, 3.8) is 0 Å². The number of nitrogens with two attached hydrogens (primary N) is 1. The molecule has 3 rings (SSSR count). The number of benzene rings is 2. The monoisotopic (exact) mass is 526 g/mol. The molecule has 3 amide bonds. The molecular weight excluding hydrogens is 503 g/mol. The summed E-state index contributed by atoms with van der Waals surface area (Å²) in [5.41, 5.74) is 6.22. The number of primary amides is 1. The number of alkyl halides is 2. The van der Waals surface area contributed by atoms with Gasteiger partial charge in [0.1, 0.15) is 18.3 Å². The Morgan fingerprint density at radius 1 is 1.17 bits per heavy atom. The lowest BCUT2D eigenvalue weighted by Gasteiger charge is -2.27. The van der Waals surface area contributed by atoms with Crippen LogP contribution in [0.4, 0.5) is 4.39 Å². The number of nitrogens with zero attached hydrogens (tertiary/aromatic N) is 2. The molecule has 2 aromatic rings. The highest BCUT2D eigenvalue weighted by Crippen LogP contribution is 2.29. The molecule has 0 radical (unpaired) electrons. The first kappa shape index (κ1) is 26.4. The number of carbonyl (C=O) groups is 3. The Kier molecular flexibility index (Phi) is 8.30. The van der Waals surface area contributed by atoms with E-state index in [1.54, 1.807) is 31.4 Å². The van der Waals surface area contributed by atoms with Crippen LogP contribution in [0.3, 0.4) is 0 Å². The van der Waals surface area contributed by atoms with Crippen LogP contribution in [0.5, 0.6) is 5.75 Å². The summed E-state index contributed by atoms with van der Waals surface area (Å²) in [6.45, 7) is -0.768. The summed E-state index contributed by atoms with van der Waals surface area (Å²) in [6.07, 6.45) is 0.541. The fourth-order valence-electron chi connectivity index (χ4n) is 3.68. The van der Waals surface area contributed by atoms with Crippen LogP contribution in [0.25, 0.3) is 11.1 Å². The molecule has 1 aliphatic heterocycles. The third kappa shape index (κ3) is 6.08. The van der Waals surface area contributed by atoms with Crippen molar-refractivity contribution in [2.45, 2.75) is 29.4 Å². The maximum atomic E-state index is 13.3. The molecule has 1 heterocycles. The van der Waals surface area contributed by atoms with E-state index in [1.807, 2.05) is 12.1 Å². The second kappa shape index (κ2) is 11.0. The molecule has 13 heteroatoms. The van der Waals surface area contributed by atoms with E-state index in [1.165, 1.54) is 12.1 Å². The van der Waals surface area contributed by atoms with Crippen LogP contribution in [-0.4, -0.2) is 67.3 Å². The summed E-state index contributed by atoms with van der Waals surface area (Å²) in [5, 5.41) is 0.342. The van der Waals surface area contributed by atoms with Crippen molar-refractivity contribution in [2.24, 2.45) is 5.73 Å². The minimum absolute atomic E-state index is 0.0240. The highest BCUT2D eigenvalue weighted by atomic mass is 35.5. The van der Waals surface area contributed by atoms with E-state index in [0.29, 0.717) is 17.2 Å². The summed E-state index contributed by atoms with van der Waals surface area (Å²) < 4.78 is 46.0. The average molecular weight is 527 g/mol. The number of hydrazine groups is 1. The van der Waals surface area contributed by atoms with Crippen molar-refractivity contribution in [3.8, 4) is 16.9 Å². The van der Waals surface area contributed by atoms with Crippen LogP contribution in [0.1, 0.15) is 12.8 Å². The molecule has 0 aromatic heterocycles. The first-order valence-corrected chi connectivity index (χ1v) is 12.4. The number of halogens is 2. The molecule has 2 aromatic carbocycles. The predicted molar refractivity (Wildman–Crippen MR) is 125 cm³/mol. The Balaban J connectivity index is 1.79. The second-order valence-electron chi connectivity index (χ2n) is 7.69. The summed E-state index contributed by atoms with van der Waals surface area (Å²) in [4.78, 5) is 35.9. The third-order valence-electron chi connectivity index (χ3n) is 5.40. The molecule has 3 N–H and O–H groups in total. The molecule has 188 valence electrons. The average Bonchev–Trinajstić information content (AvgIpc) is 3.34. The third-order valence-corrected chi connectivity index (χ3v) is 7.51. The van der Waals surface area contributed by atoms with E-state index in [9.17, 15) is 27.2 Å². The molecule has 0 aliphatic carbocycles. The minimum Gasteiger partial charge on any atom is -0.497 e. The number of nitrogens with one attached hydrogen (secondary N) is 1. The van der Waals surface area contributed by atoms with Crippen molar-refractivity contribution in [1.82, 2.24) is 14.7 Å². The van der Waals surface area contributed by atoms with Crippen LogP contribution in [0.2, 0.25) is 0 Å². The van der Waals surface area contributed by atoms with Gasteiger partial charge >= 0.3 is 0 Å². The van der Waals surface area contributed by atoms with Crippen molar-refractivity contribution in [3.05, 3.63) is 48.5 Å². The number of carbonyl (C=O) groups excluding carboxylic acids is 3. The number of sulfonamides is 1. The van der Waals surface area contributed by atoms with E-state index in [2.05, 4.69) is 5.43 Å². The van der Waals surface area contributed by atoms with Gasteiger partial charge in [-0.2, -0.15) is 4.31 Å².